The van der Waals surface area contributed by atoms with E-state index in [0.29, 0.717) is 6.54 Å². The van der Waals surface area contributed by atoms with Crippen LogP contribution in [0.4, 0.5) is 23.2 Å². The lowest BCUT2D eigenvalue weighted by atomic mass is 10.2. The van der Waals surface area contributed by atoms with Crippen molar-refractivity contribution in [2.75, 3.05) is 44.2 Å². The number of hydrogen-bond acceptors (Lipinski definition) is 4. The molecule has 30 heavy (non-hydrogen) atoms. The topological polar surface area (TPSA) is 53.4 Å². The molecule has 0 bridgehead atoms. The molecule has 1 aromatic carbocycles. The number of rotatable bonds is 6. The van der Waals surface area contributed by atoms with E-state index in [0.717, 1.165) is 42.7 Å². The molecule has 10 heteroatoms. The van der Waals surface area contributed by atoms with Gasteiger partial charge in [0.15, 0.2) is 5.69 Å². The molecule has 0 unspecified atom stereocenters. The predicted molar refractivity (Wildman–Crippen MR) is 105 cm³/mol. The van der Waals surface area contributed by atoms with E-state index in [1.807, 2.05) is 0 Å². The number of piperazine rings is 1. The summed E-state index contributed by atoms with van der Waals surface area (Å²) in [4.78, 5) is 16.6. The highest BCUT2D eigenvalue weighted by Gasteiger charge is 2.40. The minimum absolute atomic E-state index is 0.236. The normalized spacial score (nSPS) is 15.6. The second-order valence-electron chi connectivity index (χ2n) is 7.50. The van der Waals surface area contributed by atoms with E-state index in [1.54, 1.807) is 26.0 Å². The first-order valence-electron chi connectivity index (χ1n) is 9.82. The zero-order valence-corrected chi connectivity index (χ0v) is 16.9. The fourth-order valence-electron chi connectivity index (χ4n) is 3.51. The second kappa shape index (κ2) is 9.03. The third-order valence-electron chi connectivity index (χ3n) is 5.08. The van der Waals surface area contributed by atoms with Crippen molar-refractivity contribution in [2.45, 2.75) is 26.1 Å². The van der Waals surface area contributed by atoms with E-state index in [2.05, 4.69) is 20.2 Å². The van der Waals surface area contributed by atoms with Gasteiger partial charge >= 0.3 is 6.18 Å². The van der Waals surface area contributed by atoms with Crippen LogP contribution in [0.2, 0.25) is 0 Å². The van der Waals surface area contributed by atoms with Gasteiger partial charge in [0.25, 0.3) is 5.91 Å². The van der Waals surface area contributed by atoms with Crippen molar-refractivity contribution in [3.8, 4) is 0 Å². The number of nitrogens with one attached hydrogen (secondary N) is 1. The van der Waals surface area contributed by atoms with Crippen molar-refractivity contribution in [3.63, 3.8) is 0 Å². The Labute approximate surface area is 172 Å². The lowest BCUT2D eigenvalue weighted by Crippen LogP contribution is -2.48. The van der Waals surface area contributed by atoms with Gasteiger partial charge in [-0.2, -0.15) is 18.3 Å². The molecule has 1 N–H and O–H groups in total. The molecule has 6 nitrogen and oxygen atoms in total. The highest BCUT2D eigenvalue weighted by atomic mass is 19.4. The summed E-state index contributed by atoms with van der Waals surface area (Å²) in [5, 5.41) is 6.31. The van der Waals surface area contributed by atoms with Crippen molar-refractivity contribution in [3.05, 3.63) is 47.5 Å². The number of anilines is 1. The van der Waals surface area contributed by atoms with Gasteiger partial charge in [0.2, 0.25) is 0 Å². The maximum atomic E-state index is 13.4. The number of nitrogens with zero attached hydrogens (tertiary/aromatic N) is 4. The zero-order chi connectivity index (χ0) is 21.9. The first-order chi connectivity index (χ1) is 14.2. The van der Waals surface area contributed by atoms with Crippen LogP contribution < -0.4 is 10.2 Å². The smallest absolute Gasteiger partial charge is 0.369 e. The van der Waals surface area contributed by atoms with Gasteiger partial charge in [0.05, 0.1) is 11.8 Å². The van der Waals surface area contributed by atoms with Crippen molar-refractivity contribution in [1.82, 2.24) is 20.0 Å². The van der Waals surface area contributed by atoms with Gasteiger partial charge in [-0.3, -0.25) is 14.4 Å². The fourth-order valence-corrected chi connectivity index (χ4v) is 3.51. The number of hydrogen-bond donors (Lipinski definition) is 1. The van der Waals surface area contributed by atoms with Crippen LogP contribution in [0.25, 0.3) is 0 Å². The molecule has 1 saturated heterocycles. The summed E-state index contributed by atoms with van der Waals surface area (Å²) in [7, 11) is 0. The van der Waals surface area contributed by atoms with E-state index in [-0.39, 0.29) is 12.4 Å². The Morgan fingerprint density at radius 1 is 1.13 bits per heavy atom. The summed E-state index contributed by atoms with van der Waals surface area (Å²) in [6.45, 7) is 6.91. The Morgan fingerprint density at radius 2 is 1.77 bits per heavy atom. The lowest BCUT2D eigenvalue weighted by Gasteiger charge is -2.36. The molecule has 0 radical (unpaired) electrons. The fraction of sp³-hybridized carbons (Fsp3) is 0.500. The molecule has 1 amide bonds. The molecule has 1 aliphatic heterocycles. The second-order valence-corrected chi connectivity index (χ2v) is 7.50. The van der Waals surface area contributed by atoms with Crippen LogP contribution >= 0.6 is 0 Å². The third kappa shape index (κ3) is 5.10. The third-order valence-corrected chi connectivity index (χ3v) is 5.08. The van der Waals surface area contributed by atoms with E-state index in [4.69, 9.17) is 0 Å². The molecule has 1 fully saturated rings. The highest BCUT2D eigenvalue weighted by Crippen LogP contribution is 2.33. The summed E-state index contributed by atoms with van der Waals surface area (Å²) in [5.41, 5.74) is -0.536. The van der Waals surface area contributed by atoms with Crippen LogP contribution in [0.5, 0.6) is 0 Å². The molecule has 0 spiro atoms. The van der Waals surface area contributed by atoms with Crippen LogP contribution in [0, 0.1) is 5.82 Å². The van der Waals surface area contributed by atoms with Crippen molar-refractivity contribution < 1.29 is 22.4 Å². The zero-order valence-electron chi connectivity index (χ0n) is 16.9. The van der Waals surface area contributed by atoms with Crippen LogP contribution in [0.15, 0.2) is 30.5 Å². The number of carbonyl (C=O) groups is 1. The number of benzene rings is 1. The Kier molecular flexibility index (Phi) is 6.64. The molecule has 0 aliphatic carbocycles. The standard InChI is InChI=1S/C20H25F4N5O/c1-14(2)29-18(20(22,23)24)17(13-26-29)19(30)25-7-8-27-9-11-28(12-10-27)16-5-3-15(21)4-6-16/h3-6,13-14H,7-12H2,1-2H3,(H,25,30). The van der Waals surface area contributed by atoms with Crippen LogP contribution in [0.1, 0.15) is 35.9 Å². The van der Waals surface area contributed by atoms with Gasteiger partial charge in [-0.1, -0.05) is 0 Å². The molecule has 0 saturated carbocycles. The number of carbonyl (C=O) groups excluding carboxylic acids is 1. The van der Waals surface area contributed by atoms with Gasteiger partial charge in [0.1, 0.15) is 5.82 Å². The largest absolute Gasteiger partial charge is 0.433 e. The Morgan fingerprint density at radius 3 is 2.33 bits per heavy atom. The molecular formula is C20H25F4N5O. The molecular weight excluding hydrogens is 402 g/mol. The Balaban J connectivity index is 1.51. The highest BCUT2D eigenvalue weighted by molar-refractivity contribution is 5.95. The maximum absolute atomic E-state index is 13.4. The molecule has 1 aromatic heterocycles. The first kappa shape index (κ1) is 22.1. The van der Waals surface area contributed by atoms with Crippen LogP contribution in [0.3, 0.4) is 0 Å². The monoisotopic (exact) mass is 427 g/mol. The number of aromatic nitrogens is 2. The van der Waals surface area contributed by atoms with Crippen LogP contribution in [-0.2, 0) is 6.18 Å². The van der Waals surface area contributed by atoms with Crippen molar-refractivity contribution in [1.29, 1.82) is 0 Å². The molecule has 2 heterocycles. The van der Waals surface area contributed by atoms with Gasteiger partial charge in [-0.25, -0.2) is 4.39 Å². The van der Waals surface area contributed by atoms with Crippen molar-refractivity contribution in [2.24, 2.45) is 0 Å². The summed E-state index contributed by atoms with van der Waals surface area (Å²) < 4.78 is 54.1. The molecule has 1 aliphatic rings. The minimum Gasteiger partial charge on any atom is -0.369 e. The predicted octanol–water partition coefficient (Wildman–Crippen LogP) is 3.17. The summed E-state index contributed by atoms with van der Waals surface area (Å²) in [5.74, 6) is -1.06. The van der Waals surface area contributed by atoms with E-state index < -0.39 is 29.4 Å². The lowest BCUT2D eigenvalue weighted by molar-refractivity contribution is -0.145. The number of alkyl halides is 3. The van der Waals surface area contributed by atoms with Gasteiger partial charge in [0, 0.05) is 51.0 Å². The molecule has 3 rings (SSSR count). The molecule has 164 valence electrons. The van der Waals surface area contributed by atoms with Crippen molar-refractivity contribution >= 4 is 11.6 Å². The number of halogens is 4. The summed E-state index contributed by atoms with van der Waals surface area (Å²) in [6, 6.07) is 5.81. The SMILES string of the molecule is CC(C)n1ncc(C(=O)NCCN2CCN(c3ccc(F)cc3)CC2)c1C(F)(F)F. The number of amides is 1. The van der Waals surface area contributed by atoms with Gasteiger partial charge < -0.3 is 10.2 Å². The molecule has 2 aromatic rings. The maximum Gasteiger partial charge on any atom is 0.433 e. The van der Waals surface area contributed by atoms with E-state index in [9.17, 15) is 22.4 Å². The summed E-state index contributed by atoms with van der Waals surface area (Å²) in [6.07, 6.45) is -3.69. The molecule has 0 atom stereocenters. The summed E-state index contributed by atoms with van der Waals surface area (Å²) >= 11 is 0. The van der Waals surface area contributed by atoms with Gasteiger partial charge in [-0.15, -0.1) is 0 Å². The average Bonchev–Trinajstić information content (AvgIpc) is 3.15. The van der Waals surface area contributed by atoms with E-state index >= 15 is 0 Å². The van der Waals surface area contributed by atoms with Crippen LogP contribution in [-0.4, -0.2) is 59.9 Å². The first-order valence-corrected chi connectivity index (χ1v) is 9.82. The quantitative estimate of drug-likeness (QED) is 0.720. The minimum atomic E-state index is -4.66. The van der Waals surface area contributed by atoms with Gasteiger partial charge in [-0.05, 0) is 38.1 Å². The Hall–Kier alpha value is -2.62. The Bertz CT molecular complexity index is 855. The average molecular weight is 427 g/mol. The van der Waals surface area contributed by atoms with E-state index in [1.165, 1.54) is 12.1 Å².